The molecule has 0 aromatic heterocycles. The fourth-order valence-electron chi connectivity index (χ4n) is 3.72. The third kappa shape index (κ3) is 5.65. The molecule has 0 bridgehead atoms. The molecule has 2 amide bonds. The summed E-state index contributed by atoms with van der Waals surface area (Å²) in [5.74, 6) is -0.363. The standard InChI is InChI=1S/C23H29N3O3/c1-15-9-10-19(11-22(15)24-18(4)27)23(28)25-21-8-6-5-7-20(21)14-26-12-16(2)29-17(3)13-26/h5-11,16-17H,12-14H2,1-4H3,(H,24,27)(H,25,28). The molecule has 2 aromatic carbocycles. The average molecular weight is 396 g/mol. The molecule has 1 heterocycles. The predicted octanol–water partition coefficient (Wildman–Crippen LogP) is 3.81. The van der Waals surface area contributed by atoms with Gasteiger partial charge in [0.05, 0.1) is 12.2 Å². The number of hydrogen-bond donors (Lipinski definition) is 2. The lowest BCUT2D eigenvalue weighted by Crippen LogP contribution is -2.44. The van der Waals surface area contributed by atoms with E-state index in [2.05, 4.69) is 29.4 Å². The summed E-state index contributed by atoms with van der Waals surface area (Å²) < 4.78 is 5.81. The van der Waals surface area contributed by atoms with Crippen molar-refractivity contribution in [2.24, 2.45) is 0 Å². The number of para-hydroxylation sites is 1. The highest BCUT2D eigenvalue weighted by molar-refractivity contribution is 6.05. The Kier molecular flexibility index (Phi) is 6.67. The van der Waals surface area contributed by atoms with Crippen molar-refractivity contribution in [2.75, 3.05) is 23.7 Å². The van der Waals surface area contributed by atoms with Crippen molar-refractivity contribution in [2.45, 2.75) is 46.4 Å². The Bertz CT molecular complexity index is 887. The molecule has 0 spiro atoms. The third-order valence-electron chi connectivity index (χ3n) is 4.97. The van der Waals surface area contributed by atoms with Gasteiger partial charge in [0.15, 0.2) is 0 Å². The number of nitrogens with one attached hydrogen (secondary N) is 2. The number of nitrogens with zero attached hydrogens (tertiary/aromatic N) is 1. The van der Waals surface area contributed by atoms with Crippen LogP contribution < -0.4 is 10.6 Å². The molecule has 0 radical (unpaired) electrons. The first-order chi connectivity index (χ1) is 13.8. The Morgan fingerprint density at radius 2 is 1.72 bits per heavy atom. The zero-order valence-electron chi connectivity index (χ0n) is 17.5. The van der Waals surface area contributed by atoms with Crippen LogP contribution in [0.3, 0.4) is 0 Å². The minimum absolute atomic E-state index is 0.162. The van der Waals surface area contributed by atoms with E-state index < -0.39 is 0 Å². The molecule has 1 aliphatic heterocycles. The Balaban J connectivity index is 1.75. The van der Waals surface area contributed by atoms with Crippen LogP contribution in [0.25, 0.3) is 0 Å². The van der Waals surface area contributed by atoms with E-state index in [0.29, 0.717) is 11.3 Å². The van der Waals surface area contributed by atoms with Gasteiger partial charge in [0.25, 0.3) is 5.91 Å². The van der Waals surface area contributed by atoms with Crippen molar-refractivity contribution in [3.05, 3.63) is 59.2 Å². The van der Waals surface area contributed by atoms with Gasteiger partial charge in [0.1, 0.15) is 0 Å². The van der Waals surface area contributed by atoms with Crippen LogP contribution in [-0.4, -0.2) is 42.0 Å². The fourth-order valence-corrected chi connectivity index (χ4v) is 3.72. The second kappa shape index (κ2) is 9.20. The molecule has 29 heavy (non-hydrogen) atoms. The van der Waals surface area contributed by atoms with E-state index >= 15 is 0 Å². The molecule has 1 fully saturated rings. The maximum absolute atomic E-state index is 12.9. The molecule has 1 saturated heterocycles. The summed E-state index contributed by atoms with van der Waals surface area (Å²) in [5.41, 5.74) is 3.92. The number of ether oxygens (including phenoxy) is 1. The second-order valence-corrected chi connectivity index (χ2v) is 7.77. The molecular formula is C23H29N3O3. The maximum Gasteiger partial charge on any atom is 0.255 e. The molecule has 2 N–H and O–H groups in total. The summed E-state index contributed by atoms with van der Waals surface area (Å²) in [5, 5.41) is 5.80. The predicted molar refractivity (Wildman–Crippen MR) is 115 cm³/mol. The van der Waals surface area contributed by atoms with Crippen molar-refractivity contribution in [1.29, 1.82) is 0 Å². The molecule has 0 saturated carbocycles. The zero-order valence-corrected chi connectivity index (χ0v) is 17.5. The lowest BCUT2D eigenvalue weighted by molar-refractivity contribution is -0.114. The number of rotatable bonds is 5. The minimum atomic E-state index is -0.201. The molecule has 2 unspecified atom stereocenters. The number of morpholine rings is 1. The van der Waals surface area contributed by atoms with Gasteiger partial charge in [-0.3, -0.25) is 14.5 Å². The van der Waals surface area contributed by atoms with Crippen LogP contribution in [0.5, 0.6) is 0 Å². The van der Waals surface area contributed by atoms with E-state index in [4.69, 9.17) is 4.74 Å². The van der Waals surface area contributed by atoms with Crippen LogP contribution in [0, 0.1) is 6.92 Å². The van der Waals surface area contributed by atoms with Gasteiger partial charge in [-0.1, -0.05) is 24.3 Å². The van der Waals surface area contributed by atoms with Crippen molar-refractivity contribution < 1.29 is 14.3 Å². The van der Waals surface area contributed by atoms with Crippen molar-refractivity contribution in [3.63, 3.8) is 0 Å². The summed E-state index contributed by atoms with van der Waals surface area (Å²) in [6.45, 7) is 10.00. The minimum Gasteiger partial charge on any atom is -0.373 e. The van der Waals surface area contributed by atoms with Gasteiger partial charge in [0.2, 0.25) is 5.91 Å². The number of benzene rings is 2. The molecule has 2 aromatic rings. The number of hydrogen-bond acceptors (Lipinski definition) is 4. The number of carbonyl (C=O) groups is 2. The molecule has 154 valence electrons. The number of amides is 2. The third-order valence-corrected chi connectivity index (χ3v) is 4.97. The van der Waals surface area contributed by atoms with E-state index in [0.717, 1.165) is 36.4 Å². The summed E-state index contributed by atoms with van der Waals surface area (Å²) in [7, 11) is 0. The number of aryl methyl sites for hydroxylation is 1. The lowest BCUT2D eigenvalue weighted by atomic mass is 10.1. The molecule has 6 heteroatoms. The summed E-state index contributed by atoms with van der Waals surface area (Å²) in [6, 6.07) is 13.2. The average Bonchev–Trinajstić information content (AvgIpc) is 2.64. The Hall–Kier alpha value is -2.70. The normalized spacial score (nSPS) is 19.6. The monoisotopic (exact) mass is 395 g/mol. The largest absolute Gasteiger partial charge is 0.373 e. The van der Waals surface area contributed by atoms with E-state index in [1.165, 1.54) is 6.92 Å². The molecule has 3 rings (SSSR count). The lowest BCUT2D eigenvalue weighted by Gasteiger charge is -2.35. The first-order valence-corrected chi connectivity index (χ1v) is 9.97. The van der Waals surface area contributed by atoms with E-state index in [1.807, 2.05) is 37.3 Å². The van der Waals surface area contributed by atoms with Crippen molar-refractivity contribution >= 4 is 23.2 Å². The Labute approximate surface area is 172 Å². The fraction of sp³-hybridized carbons (Fsp3) is 0.391. The highest BCUT2D eigenvalue weighted by Crippen LogP contribution is 2.22. The maximum atomic E-state index is 12.9. The first-order valence-electron chi connectivity index (χ1n) is 9.97. The van der Waals surface area contributed by atoms with Gasteiger partial charge < -0.3 is 15.4 Å². The summed E-state index contributed by atoms with van der Waals surface area (Å²) >= 11 is 0. The first kappa shape index (κ1) is 21.0. The molecular weight excluding hydrogens is 366 g/mol. The molecule has 2 atom stereocenters. The van der Waals surface area contributed by atoms with Gasteiger partial charge >= 0.3 is 0 Å². The van der Waals surface area contributed by atoms with Gasteiger partial charge in [-0.25, -0.2) is 0 Å². The smallest absolute Gasteiger partial charge is 0.255 e. The van der Waals surface area contributed by atoms with Gasteiger partial charge in [0, 0.05) is 43.5 Å². The molecule has 1 aliphatic rings. The topological polar surface area (TPSA) is 70.7 Å². The Morgan fingerprint density at radius 1 is 1.03 bits per heavy atom. The van der Waals surface area contributed by atoms with E-state index in [-0.39, 0.29) is 24.0 Å². The van der Waals surface area contributed by atoms with E-state index in [1.54, 1.807) is 12.1 Å². The SMILES string of the molecule is CC(=O)Nc1cc(C(=O)Nc2ccccc2CN2CC(C)OC(C)C2)ccc1C. The zero-order chi connectivity index (χ0) is 21.0. The summed E-state index contributed by atoms with van der Waals surface area (Å²) in [4.78, 5) is 26.6. The van der Waals surface area contributed by atoms with Crippen LogP contribution in [-0.2, 0) is 16.1 Å². The van der Waals surface area contributed by atoms with Crippen LogP contribution in [0.1, 0.15) is 42.3 Å². The van der Waals surface area contributed by atoms with Crippen LogP contribution in [0.15, 0.2) is 42.5 Å². The second-order valence-electron chi connectivity index (χ2n) is 7.77. The van der Waals surface area contributed by atoms with E-state index in [9.17, 15) is 9.59 Å². The van der Waals surface area contributed by atoms with Crippen molar-refractivity contribution in [1.82, 2.24) is 4.90 Å². The quantitative estimate of drug-likeness (QED) is 0.808. The van der Waals surface area contributed by atoms with Gasteiger partial charge in [-0.15, -0.1) is 0 Å². The molecule has 0 aliphatic carbocycles. The van der Waals surface area contributed by atoms with Crippen LogP contribution >= 0.6 is 0 Å². The van der Waals surface area contributed by atoms with Gasteiger partial charge in [-0.2, -0.15) is 0 Å². The Morgan fingerprint density at radius 3 is 2.41 bits per heavy atom. The number of anilines is 2. The van der Waals surface area contributed by atoms with Gasteiger partial charge in [-0.05, 0) is 50.1 Å². The number of carbonyl (C=O) groups excluding carboxylic acids is 2. The summed E-state index contributed by atoms with van der Waals surface area (Å²) in [6.07, 6.45) is 0.389. The highest BCUT2D eigenvalue weighted by Gasteiger charge is 2.23. The van der Waals surface area contributed by atoms with Crippen LogP contribution in [0.2, 0.25) is 0 Å². The molecule has 6 nitrogen and oxygen atoms in total. The van der Waals surface area contributed by atoms with Crippen molar-refractivity contribution in [3.8, 4) is 0 Å². The van der Waals surface area contributed by atoms with Crippen LogP contribution in [0.4, 0.5) is 11.4 Å². The highest BCUT2D eigenvalue weighted by atomic mass is 16.5.